The van der Waals surface area contributed by atoms with Crippen molar-refractivity contribution in [2.75, 3.05) is 39.8 Å². The van der Waals surface area contributed by atoms with E-state index in [2.05, 4.69) is 5.32 Å². The van der Waals surface area contributed by atoms with Gasteiger partial charge in [0.2, 0.25) is 5.91 Å². The first-order valence-electron chi connectivity index (χ1n) is 9.49. The van der Waals surface area contributed by atoms with Gasteiger partial charge in [0.25, 0.3) is 0 Å². The zero-order valence-electron chi connectivity index (χ0n) is 16.8. The van der Waals surface area contributed by atoms with Crippen LogP contribution >= 0.6 is 24.0 Å². The lowest BCUT2D eigenvalue weighted by Crippen LogP contribution is -2.46. The van der Waals surface area contributed by atoms with E-state index in [1.165, 1.54) is 6.07 Å². The third-order valence-electron chi connectivity index (χ3n) is 5.01. The third-order valence-corrected chi connectivity index (χ3v) is 5.01. The number of nitrogens with zero attached hydrogens (tertiary/aromatic N) is 3. The summed E-state index contributed by atoms with van der Waals surface area (Å²) in [6, 6.07) is 6.82. The molecule has 0 unspecified atom stereocenters. The van der Waals surface area contributed by atoms with Crippen LogP contribution in [0, 0.1) is 5.82 Å². The summed E-state index contributed by atoms with van der Waals surface area (Å²) in [4.78, 5) is 20.8. The smallest absolute Gasteiger partial charge is 0.242 e. The molecule has 7 heteroatoms. The number of nitrogens with one attached hydrogen (secondary N) is 1. The first kappa shape index (κ1) is 23.7. The highest BCUT2D eigenvalue weighted by atomic mass is 127. The van der Waals surface area contributed by atoms with Crippen molar-refractivity contribution < 1.29 is 9.18 Å². The van der Waals surface area contributed by atoms with Gasteiger partial charge in [0.1, 0.15) is 5.82 Å². The molecular weight excluding hydrogens is 458 g/mol. The third kappa shape index (κ3) is 6.33. The molecule has 1 N–H and O–H groups in total. The molecule has 27 heavy (non-hydrogen) atoms. The van der Waals surface area contributed by atoms with Crippen LogP contribution < -0.4 is 5.32 Å². The fourth-order valence-corrected chi connectivity index (χ4v) is 3.16. The average Bonchev–Trinajstić information content (AvgIpc) is 3.40. The second-order valence-corrected chi connectivity index (χ2v) is 6.88. The molecule has 1 saturated carbocycles. The molecular formula is C20H32FIN4O. The molecule has 0 saturated heterocycles. The minimum Gasteiger partial charge on any atom is -0.357 e. The van der Waals surface area contributed by atoms with E-state index in [0.29, 0.717) is 26.2 Å². The lowest BCUT2D eigenvalue weighted by molar-refractivity contribution is -0.131. The minimum atomic E-state index is -0.202. The number of aliphatic imine (C=N–C) groups is 1. The Bertz CT molecular complexity index is 645. The molecule has 5 nitrogen and oxygen atoms in total. The van der Waals surface area contributed by atoms with Gasteiger partial charge in [-0.1, -0.05) is 12.1 Å². The summed E-state index contributed by atoms with van der Waals surface area (Å²) in [6.45, 7) is 9.01. The Morgan fingerprint density at radius 3 is 2.44 bits per heavy atom. The van der Waals surface area contributed by atoms with Crippen LogP contribution in [0.2, 0.25) is 0 Å². The summed E-state index contributed by atoms with van der Waals surface area (Å²) in [5.41, 5.74) is 0.950. The Morgan fingerprint density at radius 2 is 1.93 bits per heavy atom. The van der Waals surface area contributed by atoms with Crippen molar-refractivity contribution in [2.45, 2.75) is 39.0 Å². The SMILES string of the molecule is CCNC(=NCC1(c2cccc(F)c2)CC1)N(C)CC(=O)N(CC)CC.I. The monoisotopic (exact) mass is 490 g/mol. The molecule has 1 aliphatic rings. The standard InChI is InChI=1S/C20H31FN4O.HI/c1-5-22-19(24(4)14-18(26)25(6-2)7-3)23-15-20(11-12-20)16-9-8-10-17(21)13-16;/h8-10,13H,5-7,11-12,14-15H2,1-4H3,(H,22,23);1H. The normalized spacial score (nSPS) is 14.9. The predicted molar refractivity (Wildman–Crippen MR) is 119 cm³/mol. The number of carbonyl (C=O) groups excluding carboxylic acids is 1. The molecule has 0 aromatic heterocycles. The number of hydrogen-bond acceptors (Lipinski definition) is 2. The van der Waals surface area contributed by atoms with E-state index < -0.39 is 0 Å². The van der Waals surface area contributed by atoms with Gasteiger partial charge in [0.05, 0.1) is 13.1 Å². The van der Waals surface area contributed by atoms with Gasteiger partial charge in [-0.25, -0.2) is 4.39 Å². The zero-order valence-corrected chi connectivity index (χ0v) is 19.1. The first-order chi connectivity index (χ1) is 12.5. The molecule has 0 radical (unpaired) electrons. The molecule has 152 valence electrons. The molecule has 1 aromatic carbocycles. The van der Waals surface area contributed by atoms with Crippen LogP contribution in [0.4, 0.5) is 4.39 Å². The second-order valence-electron chi connectivity index (χ2n) is 6.88. The fourth-order valence-electron chi connectivity index (χ4n) is 3.16. The molecule has 1 fully saturated rings. The van der Waals surface area contributed by atoms with Crippen LogP contribution in [0.3, 0.4) is 0 Å². The molecule has 0 spiro atoms. The number of likely N-dealkylation sites (N-methyl/N-ethyl adjacent to an activating group) is 2. The predicted octanol–water partition coefficient (Wildman–Crippen LogP) is 3.24. The lowest BCUT2D eigenvalue weighted by atomic mass is 9.96. The number of benzene rings is 1. The first-order valence-corrected chi connectivity index (χ1v) is 9.49. The second kappa shape index (κ2) is 10.8. The van der Waals surface area contributed by atoms with Crippen LogP contribution in [0.15, 0.2) is 29.3 Å². The molecule has 0 atom stereocenters. The average molecular weight is 490 g/mol. The van der Waals surface area contributed by atoms with Gasteiger partial charge in [-0.15, -0.1) is 24.0 Å². The number of carbonyl (C=O) groups is 1. The summed E-state index contributed by atoms with van der Waals surface area (Å²) in [6.07, 6.45) is 2.03. The Kier molecular flexibility index (Phi) is 9.49. The molecule has 0 heterocycles. The summed E-state index contributed by atoms with van der Waals surface area (Å²) in [5, 5.41) is 3.26. The van der Waals surface area contributed by atoms with Gasteiger partial charge in [0.15, 0.2) is 5.96 Å². The van der Waals surface area contributed by atoms with Crippen LogP contribution in [-0.2, 0) is 10.2 Å². The Balaban J connectivity index is 0.00000364. The maximum absolute atomic E-state index is 13.6. The van der Waals surface area contributed by atoms with Crippen molar-refractivity contribution in [1.82, 2.24) is 15.1 Å². The molecule has 1 aliphatic carbocycles. The van der Waals surface area contributed by atoms with E-state index in [-0.39, 0.29) is 41.1 Å². The Labute approximate surface area is 179 Å². The fraction of sp³-hybridized carbons (Fsp3) is 0.600. The van der Waals surface area contributed by atoms with Crippen molar-refractivity contribution in [2.24, 2.45) is 4.99 Å². The number of halogens is 2. The number of guanidine groups is 1. The summed E-state index contributed by atoms with van der Waals surface area (Å²) in [7, 11) is 1.88. The maximum Gasteiger partial charge on any atom is 0.242 e. The highest BCUT2D eigenvalue weighted by molar-refractivity contribution is 14.0. The number of amides is 1. The Hall–Kier alpha value is -1.38. The van der Waals surface area contributed by atoms with E-state index >= 15 is 0 Å². The molecule has 2 rings (SSSR count). The molecule has 1 amide bonds. The minimum absolute atomic E-state index is 0. The van der Waals surface area contributed by atoms with Crippen LogP contribution in [0.5, 0.6) is 0 Å². The largest absolute Gasteiger partial charge is 0.357 e. The highest BCUT2D eigenvalue weighted by Crippen LogP contribution is 2.48. The number of rotatable bonds is 8. The van der Waals surface area contributed by atoms with Gasteiger partial charge < -0.3 is 15.1 Å². The Morgan fingerprint density at radius 1 is 1.26 bits per heavy atom. The summed E-state index contributed by atoms with van der Waals surface area (Å²) < 4.78 is 13.6. The van der Waals surface area contributed by atoms with Crippen molar-refractivity contribution in [1.29, 1.82) is 0 Å². The number of hydrogen-bond donors (Lipinski definition) is 1. The van der Waals surface area contributed by atoms with Crippen molar-refractivity contribution in [3.63, 3.8) is 0 Å². The van der Waals surface area contributed by atoms with Crippen LogP contribution in [-0.4, -0.2) is 61.4 Å². The van der Waals surface area contributed by atoms with Gasteiger partial charge in [-0.2, -0.15) is 0 Å². The highest BCUT2D eigenvalue weighted by Gasteiger charge is 2.44. The van der Waals surface area contributed by atoms with E-state index in [9.17, 15) is 9.18 Å². The van der Waals surface area contributed by atoms with Gasteiger partial charge in [-0.05, 0) is 51.3 Å². The van der Waals surface area contributed by atoms with Crippen LogP contribution in [0.1, 0.15) is 39.2 Å². The van der Waals surface area contributed by atoms with Gasteiger partial charge in [-0.3, -0.25) is 9.79 Å². The summed E-state index contributed by atoms with van der Waals surface area (Å²) in [5.74, 6) is 0.608. The molecule has 1 aromatic rings. The van der Waals surface area contributed by atoms with Crippen LogP contribution in [0.25, 0.3) is 0 Å². The van der Waals surface area contributed by atoms with E-state index in [4.69, 9.17) is 4.99 Å². The van der Waals surface area contributed by atoms with E-state index in [1.807, 2.05) is 43.7 Å². The molecule has 0 aliphatic heterocycles. The summed E-state index contributed by atoms with van der Waals surface area (Å²) >= 11 is 0. The van der Waals surface area contributed by atoms with E-state index in [0.717, 1.165) is 30.9 Å². The topological polar surface area (TPSA) is 47.9 Å². The van der Waals surface area contributed by atoms with Crippen molar-refractivity contribution >= 4 is 35.8 Å². The zero-order chi connectivity index (χ0) is 19.2. The van der Waals surface area contributed by atoms with Gasteiger partial charge in [0, 0.05) is 32.1 Å². The van der Waals surface area contributed by atoms with Crippen molar-refractivity contribution in [3.05, 3.63) is 35.6 Å². The molecule has 0 bridgehead atoms. The quantitative estimate of drug-likeness (QED) is 0.346. The lowest BCUT2D eigenvalue weighted by Gasteiger charge is -2.26. The maximum atomic E-state index is 13.6. The van der Waals surface area contributed by atoms with E-state index in [1.54, 1.807) is 12.1 Å². The van der Waals surface area contributed by atoms with Crippen molar-refractivity contribution in [3.8, 4) is 0 Å². The van der Waals surface area contributed by atoms with Gasteiger partial charge >= 0.3 is 0 Å².